The Labute approximate surface area is 205 Å². The lowest BCUT2D eigenvalue weighted by Crippen LogP contribution is -2.51. The molecule has 0 radical (unpaired) electrons. The monoisotopic (exact) mass is 480 g/mol. The standard InChI is InChI=1S/C27H34F2N6/c1-15(2)30-25-16(3)11-19(12-21(25)28)24-22(29)14-35-26(24)18(5)31-27(33-35)32-23-9-10-34(13-17(23)4)20-7-6-8-20/h11-12,14,17,20,23H,6-10,13H2,1-5H3,(H,32,33)/t17-,23?/m0/s1. The minimum atomic E-state index is -0.473. The summed E-state index contributed by atoms with van der Waals surface area (Å²) in [5, 5.41) is 8.08. The zero-order valence-corrected chi connectivity index (χ0v) is 21.2. The van der Waals surface area contributed by atoms with Crippen molar-refractivity contribution in [1.29, 1.82) is 0 Å². The van der Waals surface area contributed by atoms with E-state index in [9.17, 15) is 4.39 Å². The van der Waals surface area contributed by atoms with Gasteiger partial charge in [0.05, 0.1) is 17.4 Å². The number of hydrogen-bond acceptors (Lipinski definition) is 5. The Kier molecular flexibility index (Phi) is 6.34. The smallest absolute Gasteiger partial charge is 0.241 e. The van der Waals surface area contributed by atoms with Gasteiger partial charge in [0.15, 0.2) is 5.82 Å². The molecule has 3 heterocycles. The number of rotatable bonds is 5. The molecule has 1 aliphatic heterocycles. The van der Waals surface area contributed by atoms with E-state index in [4.69, 9.17) is 0 Å². The Morgan fingerprint density at radius 2 is 1.89 bits per heavy atom. The molecule has 2 atom stereocenters. The summed E-state index contributed by atoms with van der Waals surface area (Å²) < 4.78 is 31.6. The van der Waals surface area contributed by atoms with Gasteiger partial charge in [-0.15, -0.1) is 5.10 Å². The number of aromatic nitrogens is 3. The summed E-state index contributed by atoms with van der Waals surface area (Å²) in [7, 11) is 0. The highest BCUT2D eigenvalue weighted by Gasteiger charge is 2.33. The SMILES string of the molecule is CC(C)=Nc1c(C)cc(-c2c(F)cn3nc(NC4CCN(C5CCC5)C[C@@H]4C)nc(C)c23)cc1F. The molecule has 0 amide bonds. The molecule has 1 N–H and O–H groups in total. The third-order valence-electron chi connectivity index (χ3n) is 7.48. The minimum Gasteiger partial charge on any atom is -0.350 e. The number of benzene rings is 1. The first-order chi connectivity index (χ1) is 16.7. The van der Waals surface area contributed by atoms with Crippen LogP contribution in [0.5, 0.6) is 0 Å². The predicted molar refractivity (Wildman–Crippen MR) is 137 cm³/mol. The summed E-state index contributed by atoms with van der Waals surface area (Å²) in [4.78, 5) is 11.6. The van der Waals surface area contributed by atoms with Gasteiger partial charge in [-0.2, -0.15) is 0 Å². The number of hydrogen-bond donors (Lipinski definition) is 1. The van der Waals surface area contributed by atoms with Crippen molar-refractivity contribution in [3.63, 3.8) is 0 Å². The molecular weight excluding hydrogens is 446 g/mol. The molecule has 1 saturated heterocycles. The maximum absolute atomic E-state index is 15.2. The van der Waals surface area contributed by atoms with Gasteiger partial charge in [0.2, 0.25) is 5.95 Å². The van der Waals surface area contributed by atoms with Crippen LogP contribution in [0.25, 0.3) is 16.6 Å². The lowest BCUT2D eigenvalue weighted by molar-refractivity contribution is 0.0758. The summed E-state index contributed by atoms with van der Waals surface area (Å²) in [5.74, 6) is 0.0400. The van der Waals surface area contributed by atoms with E-state index in [1.807, 2.05) is 20.8 Å². The van der Waals surface area contributed by atoms with Crippen molar-refractivity contribution in [1.82, 2.24) is 19.5 Å². The summed E-state index contributed by atoms with van der Waals surface area (Å²) in [6.07, 6.45) is 6.38. The number of likely N-dealkylation sites (tertiary alicyclic amines) is 1. The number of halogens is 2. The Morgan fingerprint density at radius 1 is 1.11 bits per heavy atom. The minimum absolute atomic E-state index is 0.273. The summed E-state index contributed by atoms with van der Waals surface area (Å²) >= 11 is 0. The first-order valence-corrected chi connectivity index (χ1v) is 12.6. The Bertz CT molecular complexity index is 1270. The summed E-state index contributed by atoms with van der Waals surface area (Å²) in [6.45, 7) is 11.7. The lowest BCUT2D eigenvalue weighted by Gasteiger charge is -2.44. The normalized spacial score (nSPS) is 21.2. The van der Waals surface area contributed by atoms with Crippen LogP contribution < -0.4 is 5.32 Å². The van der Waals surface area contributed by atoms with Gasteiger partial charge in [-0.1, -0.05) is 13.3 Å². The molecule has 6 nitrogen and oxygen atoms in total. The molecule has 8 heteroatoms. The van der Waals surface area contributed by atoms with E-state index in [0.717, 1.165) is 31.3 Å². The van der Waals surface area contributed by atoms with E-state index in [-0.39, 0.29) is 11.7 Å². The molecule has 1 aromatic carbocycles. The van der Waals surface area contributed by atoms with Gasteiger partial charge in [-0.05, 0) is 76.1 Å². The highest BCUT2D eigenvalue weighted by molar-refractivity contribution is 5.86. The molecule has 2 aromatic heterocycles. The average Bonchev–Trinajstić information content (AvgIpc) is 3.07. The molecule has 5 rings (SSSR count). The first kappa shape index (κ1) is 23.9. The Morgan fingerprint density at radius 3 is 2.51 bits per heavy atom. The van der Waals surface area contributed by atoms with Gasteiger partial charge in [-0.25, -0.2) is 18.3 Å². The molecule has 1 aliphatic carbocycles. The number of piperidine rings is 1. The zero-order valence-electron chi connectivity index (χ0n) is 21.2. The van der Waals surface area contributed by atoms with E-state index in [1.54, 1.807) is 13.0 Å². The number of fused-ring (bicyclic) bond motifs is 1. The van der Waals surface area contributed by atoms with Crippen molar-refractivity contribution in [3.05, 3.63) is 41.2 Å². The number of nitrogens with one attached hydrogen (secondary N) is 1. The van der Waals surface area contributed by atoms with E-state index >= 15 is 4.39 Å². The second-order valence-electron chi connectivity index (χ2n) is 10.4. The highest BCUT2D eigenvalue weighted by atomic mass is 19.1. The Hall–Kier alpha value is -2.87. The van der Waals surface area contributed by atoms with Crippen molar-refractivity contribution in [2.45, 2.75) is 72.4 Å². The maximum Gasteiger partial charge on any atom is 0.241 e. The van der Waals surface area contributed by atoms with Crippen LogP contribution in [0.1, 0.15) is 57.7 Å². The van der Waals surface area contributed by atoms with Crippen LogP contribution in [0.2, 0.25) is 0 Å². The van der Waals surface area contributed by atoms with Gasteiger partial charge in [0.1, 0.15) is 11.5 Å². The van der Waals surface area contributed by atoms with Gasteiger partial charge in [-0.3, -0.25) is 9.89 Å². The molecule has 1 unspecified atom stereocenters. The van der Waals surface area contributed by atoms with Crippen LogP contribution >= 0.6 is 0 Å². The number of aryl methyl sites for hydroxylation is 2. The fraction of sp³-hybridized carbons (Fsp3) is 0.519. The molecular formula is C27H34F2N6. The maximum atomic E-state index is 15.2. The van der Waals surface area contributed by atoms with Crippen molar-refractivity contribution in [2.75, 3.05) is 18.4 Å². The molecule has 2 aliphatic rings. The highest BCUT2D eigenvalue weighted by Crippen LogP contribution is 2.36. The van der Waals surface area contributed by atoms with E-state index in [2.05, 4.69) is 32.2 Å². The molecule has 1 saturated carbocycles. The van der Waals surface area contributed by atoms with Crippen LogP contribution in [0.4, 0.5) is 20.4 Å². The van der Waals surface area contributed by atoms with Crippen molar-refractivity contribution < 1.29 is 8.78 Å². The van der Waals surface area contributed by atoms with Crippen LogP contribution in [0.15, 0.2) is 23.3 Å². The lowest BCUT2D eigenvalue weighted by atomic mass is 9.86. The third kappa shape index (κ3) is 4.56. The number of anilines is 1. The van der Waals surface area contributed by atoms with Crippen molar-refractivity contribution >= 4 is 22.9 Å². The molecule has 3 aromatic rings. The summed E-state index contributed by atoms with van der Waals surface area (Å²) in [5.41, 5.74) is 3.65. The first-order valence-electron chi connectivity index (χ1n) is 12.6. The Balaban J connectivity index is 1.43. The topological polar surface area (TPSA) is 57.8 Å². The quantitative estimate of drug-likeness (QED) is 0.450. The average molecular weight is 481 g/mol. The molecule has 186 valence electrons. The van der Waals surface area contributed by atoms with Crippen LogP contribution in [-0.2, 0) is 0 Å². The van der Waals surface area contributed by atoms with Crippen LogP contribution in [-0.4, -0.2) is 50.4 Å². The fourth-order valence-corrected chi connectivity index (χ4v) is 5.45. The van der Waals surface area contributed by atoms with Gasteiger partial charge >= 0.3 is 0 Å². The second kappa shape index (κ2) is 9.30. The van der Waals surface area contributed by atoms with Crippen LogP contribution in [0.3, 0.4) is 0 Å². The third-order valence-corrected chi connectivity index (χ3v) is 7.48. The predicted octanol–water partition coefficient (Wildman–Crippen LogP) is 6.08. The molecule has 2 fully saturated rings. The van der Waals surface area contributed by atoms with E-state index in [1.165, 1.54) is 36.0 Å². The summed E-state index contributed by atoms with van der Waals surface area (Å²) in [6, 6.07) is 4.15. The molecule has 0 spiro atoms. The van der Waals surface area contributed by atoms with Gasteiger partial charge in [0.25, 0.3) is 0 Å². The van der Waals surface area contributed by atoms with Crippen molar-refractivity contribution in [3.8, 4) is 11.1 Å². The number of aliphatic imine (C=N–C) groups is 1. The van der Waals surface area contributed by atoms with Gasteiger partial charge < -0.3 is 5.32 Å². The van der Waals surface area contributed by atoms with Gasteiger partial charge in [0, 0.05) is 36.4 Å². The van der Waals surface area contributed by atoms with Crippen molar-refractivity contribution in [2.24, 2.45) is 10.9 Å². The van der Waals surface area contributed by atoms with Crippen LogP contribution in [0, 0.1) is 31.4 Å². The molecule has 0 bridgehead atoms. The molecule has 35 heavy (non-hydrogen) atoms. The number of nitrogens with zero attached hydrogens (tertiary/aromatic N) is 5. The second-order valence-corrected chi connectivity index (χ2v) is 10.4. The van der Waals surface area contributed by atoms with E-state index in [0.29, 0.717) is 39.8 Å². The fourth-order valence-electron chi connectivity index (χ4n) is 5.45. The largest absolute Gasteiger partial charge is 0.350 e. The van der Waals surface area contributed by atoms with E-state index < -0.39 is 11.6 Å². The zero-order chi connectivity index (χ0) is 24.9.